The lowest BCUT2D eigenvalue weighted by Gasteiger charge is -1.99. The van der Waals surface area contributed by atoms with E-state index in [1.807, 2.05) is 0 Å². The van der Waals surface area contributed by atoms with E-state index in [1.54, 1.807) is 23.6 Å². The lowest BCUT2D eigenvalue weighted by Crippen LogP contribution is -1.90. The van der Waals surface area contributed by atoms with Crippen LogP contribution in [0.5, 0.6) is 0 Å². The molecule has 1 heterocycles. The predicted octanol–water partition coefficient (Wildman–Crippen LogP) is 3.65. The molecule has 1 aromatic carbocycles. The Morgan fingerprint density at radius 3 is 2.58 bits per heavy atom. The Kier molecular flexibility index (Phi) is 4.18. The van der Waals surface area contributed by atoms with E-state index in [0.717, 1.165) is 10.5 Å². The number of hydrogen-bond acceptors (Lipinski definition) is 5. The highest BCUT2D eigenvalue weighted by Crippen LogP contribution is 2.28. The zero-order chi connectivity index (χ0) is 13.8. The van der Waals surface area contributed by atoms with Crippen molar-refractivity contribution in [3.63, 3.8) is 0 Å². The van der Waals surface area contributed by atoms with Gasteiger partial charge in [-0.25, -0.2) is 4.79 Å². The van der Waals surface area contributed by atoms with E-state index in [0.29, 0.717) is 10.6 Å². The first-order chi connectivity index (χ1) is 9.06. The molecular formula is C12H9NO4S2. The van der Waals surface area contributed by atoms with Crippen LogP contribution in [0.1, 0.15) is 15.2 Å². The summed E-state index contributed by atoms with van der Waals surface area (Å²) in [6.07, 6.45) is 0. The predicted molar refractivity (Wildman–Crippen MR) is 73.9 cm³/mol. The first-order valence-corrected chi connectivity index (χ1v) is 7.11. The van der Waals surface area contributed by atoms with Gasteiger partial charge >= 0.3 is 5.97 Å². The maximum atomic E-state index is 10.7. The number of nitro groups is 1. The number of aromatic carboxylic acids is 1. The normalized spacial score (nSPS) is 10.3. The summed E-state index contributed by atoms with van der Waals surface area (Å²) in [5.41, 5.74) is 1.02. The highest BCUT2D eigenvalue weighted by Gasteiger charge is 2.08. The van der Waals surface area contributed by atoms with Crippen molar-refractivity contribution in [3.05, 3.63) is 56.3 Å². The Balaban J connectivity index is 1.97. The van der Waals surface area contributed by atoms with E-state index in [1.165, 1.54) is 35.2 Å². The lowest BCUT2D eigenvalue weighted by molar-refractivity contribution is -0.384. The molecule has 98 valence electrons. The van der Waals surface area contributed by atoms with Crippen molar-refractivity contribution in [2.45, 2.75) is 10.6 Å². The van der Waals surface area contributed by atoms with Gasteiger partial charge in [0.15, 0.2) is 0 Å². The molecule has 19 heavy (non-hydrogen) atoms. The fourth-order valence-electron chi connectivity index (χ4n) is 1.39. The van der Waals surface area contributed by atoms with Crippen LogP contribution < -0.4 is 0 Å². The van der Waals surface area contributed by atoms with Crippen LogP contribution >= 0.6 is 23.1 Å². The molecule has 0 aliphatic carbocycles. The second kappa shape index (κ2) is 5.85. The van der Waals surface area contributed by atoms with E-state index < -0.39 is 10.9 Å². The van der Waals surface area contributed by atoms with Crippen molar-refractivity contribution >= 4 is 34.8 Å². The summed E-state index contributed by atoms with van der Waals surface area (Å²) in [4.78, 5) is 22.0. The van der Waals surface area contributed by atoms with Crippen LogP contribution in [0.3, 0.4) is 0 Å². The Morgan fingerprint density at radius 1 is 1.37 bits per heavy atom. The van der Waals surface area contributed by atoms with Crippen molar-refractivity contribution in [1.82, 2.24) is 0 Å². The molecule has 2 aromatic rings. The summed E-state index contributed by atoms with van der Waals surface area (Å²) in [6, 6.07) is 7.96. The molecule has 0 fully saturated rings. The SMILES string of the molecule is O=C(O)c1cc(SCc2ccc([N+](=O)[O-])cc2)cs1. The summed E-state index contributed by atoms with van der Waals surface area (Å²) < 4.78 is 0. The molecule has 7 heteroatoms. The monoisotopic (exact) mass is 295 g/mol. The van der Waals surface area contributed by atoms with Gasteiger partial charge in [0.05, 0.1) is 4.92 Å². The molecule has 0 radical (unpaired) electrons. The van der Waals surface area contributed by atoms with Crippen LogP contribution in [0.25, 0.3) is 0 Å². The minimum Gasteiger partial charge on any atom is -0.477 e. The van der Waals surface area contributed by atoms with Crippen LogP contribution in [0, 0.1) is 10.1 Å². The zero-order valence-corrected chi connectivity index (χ0v) is 11.2. The minimum absolute atomic E-state index is 0.0671. The highest BCUT2D eigenvalue weighted by molar-refractivity contribution is 7.98. The number of rotatable bonds is 5. The third-order valence-electron chi connectivity index (χ3n) is 2.34. The molecule has 1 N–H and O–H groups in total. The number of thiophene rings is 1. The standard InChI is InChI=1S/C12H9NO4S2/c14-12(15)11-5-10(7-19-11)18-6-8-1-3-9(4-2-8)13(16)17/h1-5,7H,6H2,(H,14,15). The van der Waals surface area contributed by atoms with E-state index in [2.05, 4.69) is 0 Å². The molecule has 0 saturated carbocycles. The van der Waals surface area contributed by atoms with E-state index in [-0.39, 0.29) is 5.69 Å². The van der Waals surface area contributed by atoms with Gasteiger partial charge in [-0.3, -0.25) is 10.1 Å². The molecule has 0 saturated heterocycles. The number of carboxylic acid groups (broad SMARTS) is 1. The van der Waals surface area contributed by atoms with Crippen molar-refractivity contribution < 1.29 is 14.8 Å². The number of nitrogens with zero attached hydrogens (tertiary/aromatic N) is 1. The average molecular weight is 295 g/mol. The summed E-state index contributed by atoms with van der Waals surface area (Å²) in [5, 5.41) is 21.1. The summed E-state index contributed by atoms with van der Waals surface area (Å²) in [6.45, 7) is 0. The number of thioether (sulfide) groups is 1. The molecule has 5 nitrogen and oxygen atoms in total. The topological polar surface area (TPSA) is 80.4 Å². The first-order valence-electron chi connectivity index (χ1n) is 5.24. The number of benzene rings is 1. The number of nitro benzene ring substituents is 1. The van der Waals surface area contributed by atoms with Crippen molar-refractivity contribution in [2.75, 3.05) is 0 Å². The molecule has 0 spiro atoms. The van der Waals surface area contributed by atoms with E-state index >= 15 is 0 Å². The van der Waals surface area contributed by atoms with Crippen LogP contribution in [-0.2, 0) is 5.75 Å². The Bertz CT molecular complexity index is 606. The molecule has 0 atom stereocenters. The smallest absolute Gasteiger partial charge is 0.345 e. The number of carbonyl (C=O) groups is 1. The van der Waals surface area contributed by atoms with Gasteiger partial charge in [-0.05, 0) is 11.6 Å². The Labute approximate surface area is 117 Å². The number of non-ortho nitro benzene ring substituents is 1. The maximum absolute atomic E-state index is 10.7. The van der Waals surface area contributed by atoms with Gasteiger partial charge in [0.2, 0.25) is 0 Å². The molecule has 0 aliphatic heterocycles. The van der Waals surface area contributed by atoms with Crippen molar-refractivity contribution in [2.24, 2.45) is 0 Å². The highest BCUT2D eigenvalue weighted by atomic mass is 32.2. The van der Waals surface area contributed by atoms with E-state index in [4.69, 9.17) is 5.11 Å². The first kappa shape index (κ1) is 13.6. The van der Waals surface area contributed by atoms with Gasteiger partial charge in [0.25, 0.3) is 5.69 Å². The van der Waals surface area contributed by atoms with Gasteiger partial charge in [-0.15, -0.1) is 23.1 Å². The molecule has 0 bridgehead atoms. The van der Waals surface area contributed by atoms with Crippen LogP contribution in [-0.4, -0.2) is 16.0 Å². The second-order valence-electron chi connectivity index (χ2n) is 3.66. The molecule has 0 unspecified atom stereocenters. The third-order valence-corrected chi connectivity index (χ3v) is 4.45. The quantitative estimate of drug-likeness (QED) is 0.517. The summed E-state index contributed by atoms with van der Waals surface area (Å²) >= 11 is 2.69. The van der Waals surface area contributed by atoms with Crippen LogP contribution in [0.2, 0.25) is 0 Å². The van der Waals surface area contributed by atoms with Gasteiger partial charge < -0.3 is 5.11 Å². The maximum Gasteiger partial charge on any atom is 0.345 e. The third kappa shape index (κ3) is 3.55. The molecule has 2 rings (SSSR count). The van der Waals surface area contributed by atoms with Crippen LogP contribution in [0.15, 0.2) is 40.6 Å². The van der Waals surface area contributed by atoms with Gasteiger partial charge in [-0.2, -0.15) is 0 Å². The molecule has 0 amide bonds. The minimum atomic E-state index is -0.924. The van der Waals surface area contributed by atoms with Gasteiger partial charge in [-0.1, -0.05) is 12.1 Å². The van der Waals surface area contributed by atoms with Crippen molar-refractivity contribution in [3.8, 4) is 0 Å². The van der Waals surface area contributed by atoms with Gasteiger partial charge in [0.1, 0.15) is 4.88 Å². The van der Waals surface area contributed by atoms with E-state index in [9.17, 15) is 14.9 Å². The van der Waals surface area contributed by atoms with Crippen molar-refractivity contribution in [1.29, 1.82) is 0 Å². The molecular weight excluding hydrogens is 286 g/mol. The number of hydrogen-bond donors (Lipinski definition) is 1. The van der Waals surface area contributed by atoms with Crippen LogP contribution in [0.4, 0.5) is 5.69 Å². The summed E-state index contributed by atoms with van der Waals surface area (Å²) in [5.74, 6) is -0.277. The second-order valence-corrected chi connectivity index (χ2v) is 5.62. The largest absolute Gasteiger partial charge is 0.477 e. The molecule has 0 aliphatic rings. The van der Waals surface area contributed by atoms with Gasteiger partial charge in [0, 0.05) is 28.2 Å². The fraction of sp³-hybridized carbons (Fsp3) is 0.0833. The number of carboxylic acids is 1. The Morgan fingerprint density at radius 2 is 2.05 bits per heavy atom. The summed E-state index contributed by atoms with van der Waals surface area (Å²) in [7, 11) is 0. The lowest BCUT2D eigenvalue weighted by atomic mass is 10.2. The Hall–Kier alpha value is -1.86. The average Bonchev–Trinajstić information content (AvgIpc) is 2.86. The fourth-order valence-corrected chi connectivity index (χ4v) is 3.21. The zero-order valence-electron chi connectivity index (χ0n) is 9.61. The molecule has 1 aromatic heterocycles.